The molecule has 2 rings (SSSR count). The van der Waals surface area contributed by atoms with Crippen molar-refractivity contribution in [1.82, 2.24) is 0 Å². The largest absolute Gasteiger partial charge is 0.481 e. The number of primary amides is 1. The number of rotatable bonds is 5. The van der Waals surface area contributed by atoms with Crippen molar-refractivity contribution in [3.8, 4) is 5.75 Å². The number of halogens is 1. The lowest BCUT2D eigenvalue weighted by Crippen LogP contribution is -2.30. The van der Waals surface area contributed by atoms with Gasteiger partial charge < -0.3 is 21.1 Å². The third kappa shape index (κ3) is 4.89. The minimum Gasteiger partial charge on any atom is -0.481 e. The molecule has 2 aromatic carbocycles. The van der Waals surface area contributed by atoms with E-state index in [-0.39, 0.29) is 5.91 Å². The Kier molecular flexibility index (Phi) is 5.65. The van der Waals surface area contributed by atoms with Crippen molar-refractivity contribution in [3.05, 3.63) is 53.1 Å². The summed E-state index contributed by atoms with van der Waals surface area (Å²) >= 11 is 5.90. The number of nitrogens with one attached hydrogen (secondary N) is 2. The topological polar surface area (TPSA) is 93.4 Å². The first-order valence-corrected chi connectivity index (χ1v) is 7.63. The Morgan fingerprint density at radius 3 is 2.42 bits per heavy atom. The van der Waals surface area contributed by atoms with Crippen LogP contribution in [0.25, 0.3) is 0 Å². The molecule has 0 aliphatic carbocycles. The van der Waals surface area contributed by atoms with Crippen molar-refractivity contribution in [2.75, 3.05) is 10.6 Å². The number of anilines is 2. The van der Waals surface area contributed by atoms with E-state index in [4.69, 9.17) is 22.1 Å². The number of benzene rings is 2. The van der Waals surface area contributed by atoms with Gasteiger partial charge in [0.25, 0.3) is 5.91 Å². The smallest absolute Gasteiger partial charge is 0.316 e. The number of amides is 3. The molecule has 0 aliphatic heterocycles. The van der Waals surface area contributed by atoms with E-state index in [9.17, 15) is 9.59 Å². The SMILES string of the molecule is Cc1cc(Cl)ccc1OC(C)C(=O)Nc1cccc(NC(N)=O)c1. The maximum atomic E-state index is 12.3. The predicted molar refractivity (Wildman–Crippen MR) is 94.6 cm³/mol. The molecule has 126 valence electrons. The summed E-state index contributed by atoms with van der Waals surface area (Å²) in [7, 11) is 0. The fraction of sp³-hybridized carbons (Fsp3) is 0.176. The lowest BCUT2D eigenvalue weighted by Gasteiger charge is -2.16. The maximum absolute atomic E-state index is 12.3. The molecule has 4 N–H and O–H groups in total. The molecular formula is C17H18ClN3O3. The average molecular weight is 348 g/mol. The highest BCUT2D eigenvalue weighted by molar-refractivity contribution is 6.30. The lowest BCUT2D eigenvalue weighted by molar-refractivity contribution is -0.122. The predicted octanol–water partition coefficient (Wildman–Crippen LogP) is 3.55. The Bertz CT molecular complexity index is 764. The molecule has 3 amide bonds. The molecule has 0 heterocycles. The molecule has 1 unspecified atom stereocenters. The molecule has 7 heteroatoms. The number of ether oxygens (including phenoxy) is 1. The van der Waals surface area contributed by atoms with Crippen molar-refractivity contribution in [2.24, 2.45) is 5.73 Å². The molecule has 0 radical (unpaired) electrons. The molecule has 0 aliphatic rings. The second-order valence-electron chi connectivity index (χ2n) is 5.23. The third-order valence-electron chi connectivity index (χ3n) is 3.21. The van der Waals surface area contributed by atoms with Crippen molar-refractivity contribution in [1.29, 1.82) is 0 Å². The summed E-state index contributed by atoms with van der Waals surface area (Å²) < 4.78 is 5.67. The fourth-order valence-corrected chi connectivity index (χ4v) is 2.28. The summed E-state index contributed by atoms with van der Waals surface area (Å²) in [6.45, 7) is 3.50. The molecule has 0 fully saturated rings. The zero-order valence-corrected chi connectivity index (χ0v) is 14.1. The van der Waals surface area contributed by atoms with Gasteiger partial charge in [0.15, 0.2) is 6.10 Å². The number of aryl methyl sites for hydroxylation is 1. The van der Waals surface area contributed by atoms with E-state index in [2.05, 4.69) is 10.6 Å². The van der Waals surface area contributed by atoms with Gasteiger partial charge in [-0.05, 0) is 55.8 Å². The quantitative estimate of drug-likeness (QED) is 0.772. The van der Waals surface area contributed by atoms with Crippen LogP contribution in [-0.2, 0) is 4.79 Å². The van der Waals surface area contributed by atoms with Crippen molar-refractivity contribution in [3.63, 3.8) is 0 Å². The molecule has 0 saturated heterocycles. The Balaban J connectivity index is 2.02. The van der Waals surface area contributed by atoms with E-state index < -0.39 is 12.1 Å². The van der Waals surface area contributed by atoms with Gasteiger partial charge in [0, 0.05) is 16.4 Å². The summed E-state index contributed by atoms with van der Waals surface area (Å²) in [6.07, 6.45) is -0.711. The van der Waals surface area contributed by atoms with Crippen LogP contribution in [0.1, 0.15) is 12.5 Å². The minimum atomic E-state index is -0.711. The van der Waals surface area contributed by atoms with Gasteiger partial charge in [-0.25, -0.2) is 4.79 Å². The van der Waals surface area contributed by atoms with E-state index in [0.29, 0.717) is 22.1 Å². The zero-order valence-electron chi connectivity index (χ0n) is 13.3. The van der Waals surface area contributed by atoms with Crippen LogP contribution in [0.5, 0.6) is 5.75 Å². The summed E-state index contributed by atoms with van der Waals surface area (Å²) in [5.74, 6) is 0.270. The van der Waals surface area contributed by atoms with Crippen LogP contribution in [0.15, 0.2) is 42.5 Å². The average Bonchev–Trinajstić information content (AvgIpc) is 2.49. The van der Waals surface area contributed by atoms with Crippen molar-refractivity contribution >= 4 is 34.9 Å². The highest BCUT2D eigenvalue weighted by atomic mass is 35.5. The Morgan fingerprint density at radius 1 is 1.12 bits per heavy atom. The fourth-order valence-electron chi connectivity index (χ4n) is 2.05. The summed E-state index contributed by atoms with van der Waals surface area (Å²) in [6, 6.07) is 11.2. The molecule has 2 aromatic rings. The summed E-state index contributed by atoms with van der Waals surface area (Å²) in [5, 5.41) is 5.78. The molecule has 1 atom stereocenters. The first kappa shape index (κ1) is 17.6. The maximum Gasteiger partial charge on any atom is 0.316 e. The van der Waals surface area contributed by atoms with Gasteiger partial charge in [-0.3, -0.25) is 4.79 Å². The van der Waals surface area contributed by atoms with Gasteiger partial charge >= 0.3 is 6.03 Å². The molecular weight excluding hydrogens is 330 g/mol. The number of nitrogens with two attached hydrogens (primary N) is 1. The zero-order chi connectivity index (χ0) is 17.7. The molecule has 6 nitrogen and oxygen atoms in total. The number of carbonyl (C=O) groups excluding carboxylic acids is 2. The van der Waals surface area contributed by atoms with Crippen LogP contribution in [0.4, 0.5) is 16.2 Å². The highest BCUT2D eigenvalue weighted by Gasteiger charge is 2.16. The first-order chi connectivity index (χ1) is 11.3. The van der Waals surface area contributed by atoms with Crippen LogP contribution >= 0.6 is 11.6 Å². The van der Waals surface area contributed by atoms with Gasteiger partial charge in [-0.15, -0.1) is 0 Å². The Morgan fingerprint density at radius 2 is 1.79 bits per heavy atom. The second-order valence-corrected chi connectivity index (χ2v) is 5.67. The first-order valence-electron chi connectivity index (χ1n) is 7.25. The van der Waals surface area contributed by atoms with Gasteiger partial charge in [0.1, 0.15) is 5.75 Å². The second kappa shape index (κ2) is 7.70. The van der Waals surface area contributed by atoms with Crippen LogP contribution in [0.3, 0.4) is 0 Å². The monoisotopic (exact) mass is 347 g/mol. The van der Waals surface area contributed by atoms with Crippen LogP contribution in [-0.4, -0.2) is 18.0 Å². The van der Waals surface area contributed by atoms with E-state index in [1.165, 1.54) is 0 Å². The summed E-state index contributed by atoms with van der Waals surface area (Å²) in [5.41, 5.74) is 6.92. The molecule has 0 bridgehead atoms. The van der Waals surface area contributed by atoms with Crippen molar-refractivity contribution in [2.45, 2.75) is 20.0 Å². The van der Waals surface area contributed by atoms with Crippen LogP contribution in [0, 0.1) is 6.92 Å². The van der Waals surface area contributed by atoms with Gasteiger partial charge in [0.05, 0.1) is 0 Å². The molecule has 0 spiro atoms. The highest BCUT2D eigenvalue weighted by Crippen LogP contribution is 2.23. The van der Waals surface area contributed by atoms with E-state index in [1.54, 1.807) is 49.4 Å². The van der Waals surface area contributed by atoms with Crippen molar-refractivity contribution < 1.29 is 14.3 Å². The number of hydrogen-bond acceptors (Lipinski definition) is 3. The van der Waals surface area contributed by atoms with E-state index in [0.717, 1.165) is 5.56 Å². The van der Waals surface area contributed by atoms with E-state index >= 15 is 0 Å². The van der Waals surface area contributed by atoms with Gasteiger partial charge in [0.2, 0.25) is 0 Å². The number of urea groups is 1. The minimum absolute atomic E-state index is 0.319. The van der Waals surface area contributed by atoms with Gasteiger partial charge in [-0.2, -0.15) is 0 Å². The van der Waals surface area contributed by atoms with E-state index in [1.807, 2.05) is 6.92 Å². The summed E-state index contributed by atoms with van der Waals surface area (Å²) in [4.78, 5) is 23.1. The Hall–Kier alpha value is -2.73. The normalized spacial score (nSPS) is 11.5. The number of carbonyl (C=O) groups is 2. The molecule has 0 aromatic heterocycles. The van der Waals surface area contributed by atoms with Crippen LogP contribution < -0.4 is 21.1 Å². The number of hydrogen-bond donors (Lipinski definition) is 3. The molecule has 0 saturated carbocycles. The Labute approximate surface area is 144 Å². The van der Waals surface area contributed by atoms with Gasteiger partial charge in [-0.1, -0.05) is 17.7 Å². The molecule has 24 heavy (non-hydrogen) atoms. The lowest BCUT2D eigenvalue weighted by atomic mass is 10.2. The standard InChI is InChI=1S/C17H18ClN3O3/c1-10-8-12(18)6-7-15(10)24-11(2)16(22)20-13-4-3-5-14(9-13)21-17(19)23/h3-9,11H,1-2H3,(H,20,22)(H3,19,21,23). The van der Waals surface area contributed by atoms with Crippen LogP contribution in [0.2, 0.25) is 5.02 Å². The third-order valence-corrected chi connectivity index (χ3v) is 3.44.